The Balaban J connectivity index is 1.74. The molecule has 0 aliphatic carbocycles. The van der Waals surface area contributed by atoms with Gasteiger partial charge in [-0.2, -0.15) is 0 Å². The van der Waals surface area contributed by atoms with Crippen LogP contribution in [0.4, 0.5) is 27.6 Å². The molecule has 2 aromatic carbocycles. The standard InChI is InChI=1S/C18H10F5NO2S/c19-12-13(20)15(22)17(16(23)14(12)21)24-18(25)11-6-9(8-27-11)7-26-10-4-2-1-3-5-10/h1-6,8H,7H2,(H,24,25). The lowest BCUT2D eigenvalue weighted by atomic mass is 10.2. The van der Waals surface area contributed by atoms with Crippen molar-refractivity contribution in [2.45, 2.75) is 6.61 Å². The van der Waals surface area contributed by atoms with Crippen LogP contribution in [0.15, 0.2) is 41.8 Å². The van der Waals surface area contributed by atoms with Crippen LogP contribution >= 0.6 is 11.3 Å². The van der Waals surface area contributed by atoms with Crippen molar-refractivity contribution < 1.29 is 31.5 Å². The monoisotopic (exact) mass is 399 g/mol. The molecule has 3 rings (SSSR count). The van der Waals surface area contributed by atoms with Crippen molar-refractivity contribution in [2.75, 3.05) is 5.32 Å². The minimum atomic E-state index is -2.29. The zero-order valence-corrected chi connectivity index (χ0v) is 14.2. The second-order valence-corrected chi connectivity index (χ2v) is 6.23. The second-order valence-electron chi connectivity index (χ2n) is 5.32. The summed E-state index contributed by atoms with van der Waals surface area (Å²) in [5, 5.41) is 3.30. The number of nitrogens with one attached hydrogen (secondary N) is 1. The van der Waals surface area contributed by atoms with Gasteiger partial charge in [0.25, 0.3) is 5.91 Å². The van der Waals surface area contributed by atoms with Crippen LogP contribution in [0.2, 0.25) is 0 Å². The van der Waals surface area contributed by atoms with Crippen LogP contribution in [0.1, 0.15) is 15.2 Å². The number of halogens is 5. The third kappa shape index (κ3) is 3.92. The minimum absolute atomic E-state index is 0.0191. The third-order valence-electron chi connectivity index (χ3n) is 3.47. The number of amides is 1. The molecule has 1 N–H and O–H groups in total. The fourth-order valence-electron chi connectivity index (χ4n) is 2.14. The van der Waals surface area contributed by atoms with Gasteiger partial charge < -0.3 is 10.1 Å². The van der Waals surface area contributed by atoms with Gasteiger partial charge in [-0.3, -0.25) is 4.79 Å². The Morgan fingerprint density at radius 2 is 1.52 bits per heavy atom. The van der Waals surface area contributed by atoms with Gasteiger partial charge in [0.1, 0.15) is 18.0 Å². The number of benzene rings is 2. The SMILES string of the molecule is O=C(Nc1c(F)c(F)c(F)c(F)c1F)c1cc(COc2ccccc2)cs1. The summed E-state index contributed by atoms with van der Waals surface area (Å²) in [6.07, 6.45) is 0. The zero-order valence-electron chi connectivity index (χ0n) is 13.4. The molecule has 0 saturated heterocycles. The molecular formula is C18H10F5NO2S. The van der Waals surface area contributed by atoms with Gasteiger partial charge in [-0.15, -0.1) is 11.3 Å². The van der Waals surface area contributed by atoms with E-state index in [2.05, 4.69) is 0 Å². The molecule has 0 atom stereocenters. The number of hydrogen-bond acceptors (Lipinski definition) is 3. The van der Waals surface area contributed by atoms with Crippen LogP contribution in [0.3, 0.4) is 0 Å². The van der Waals surface area contributed by atoms with E-state index in [1.54, 1.807) is 35.0 Å². The normalized spacial score (nSPS) is 10.7. The summed E-state index contributed by atoms with van der Waals surface area (Å²) < 4.78 is 72.2. The Hall–Kier alpha value is -2.94. The molecule has 0 bridgehead atoms. The molecule has 3 aromatic rings. The smallest absolute Gasteiger partial charge is 0.265 e. The summed E-state index contributed by atoms with van der Waals surface area (Å²) in [7, 11) is 0. The van der Waals surface area contributed by atoms with Gasteiger partial charge in [-0.1, -0.05) is 18.2 Å². The van der Waals surface area contributed by atoms with Gasteiger partial charge in [0.15, 0.2) is 23.3 Å². The predicted octanol–water partition coefficient (Wildman–Crippen LogP) is 5.27. The summed E-state index contributed by atoms with van der Waals surface area (Å²) in [5.41, 5.74) is -0.793. The highest BCUT2D eigenvalue weighted by Gasteiger charge is 2.27. The van der Waals surface area contributed by atoms with Gasteiger partial charge in [-0.05, 0) is 23.6 Å². The van der Waals surface area contributed by atoms with E-state index in [1.807, 2.05) is 6.07 Å². The van der Waals surface area contributed by atoms with Crippen molar-refractivity contribution in [1.82, 2.24) is 0 Å². The van der Waals surface area contributed by atoms with Crippen molar-refractivity contribution in [1.29, 1.82) is 0 Å². The molecule has 0 aliphatic heterocycles. The van der Waals surface area contributed by atoms with Gasteiger partial charge in [0.05, 0.1) is 4.88 Å². The summed E-state index contributed by atoms with van der Waals surface area (Å²) in [6.45, 7) is 0.135. The van der Waals surface area contributed by atoms with Gasteiger partial charge >= 0.3 is 0 Å². The second kappa shape index (κ2) is 7.75. The molecule has 1 amide bonds. The van der Waals surface area contributed by atoms with Gasteiger partial charge in [-0.25, -0.2) is 22.0 Å². The number of anilines is 1. The highest BCUT2D eigenvalue weighted by atomic mass is 32.1. The number of thiophene rings is 1. The van der Waals surface area contributed by atoms with E-state index in [1.165, 1.54) is 6.07 Å². The highest BCUT2D eigenvalue weighted by Crippen LogP contribution is 2.28. The van der Waals surface area contributed by atoms with Crippen molar-refractivity contribution >= 4 is 22.9 Å². The minimum Gasteiger partial charge on any atom is -0.489 e. The molecule has 0 radical (unpaired) electrons. The topological polar surface area (TPSA) is 38.3 Å². The Morgan fingerprint density at radius 1 is 0.926 bits per heavy atom. The number of para-hydroxylation sites is 1. The Labute approximate surface area is 154 Å². The number of carbonyl (C=O) groups excluding carboxylic acids is 1. The molecule has 1 heterocycles. The number of carbonyl (C=O) groups is 1. The predicted molar refractivity (Wildman–Crippen MR) is 89.3 cm³/mol. The van der Waals surface area contributed by atoms with E-state index in [-0.39, 0.29) is 11.5 Å². The maximum absolute atomic E-state index is 13.6. The molecular weight excluding hydrogens is 389 g/mol. The maximum atomic E-state index is 13.6. The Morgan fingerprint density at radius 3 is 2.15 bits per heavy atom. The lowest BCUT2D eigenvalue weighted by molar-refractivity contribution is 0.102. The average molecular weight is 399 g/mol. The first-order chi connectivity index (χ1) is 12.9. The molecule has 0 saturated carbocycles. The Bertz CT molecular complexity index is 962. The molecule has 27 heavy (non-hydrogen) atoms. The van der Waals surface area contributed by atoms with Crippen molar-refractivity contribution in [3.63, 3.8) is 0 Å². The van der Waals surface area contributed by atoms with Crippen molar-refractivity contribution in [3.8, 4) is 5.75 Å². The molecule has 3 nitrogen and oxygen atoms in total. The van der Waals surface area contributed by atoms with Gasteiger partial charge in [0.2, 0.25) is 5.82 Å². The maximum Gasteiger partial charge on any atom is 0.265 e. The molecule has 0 fully saturated rings. The summed E-state index contributed by atoms with van der Waals surface area (Å²) >= 11 is 0.937. The number of ether oxygens (including phenoxy) is 1. The molecule has 140 valence electrons. The third-order valence-corrected chi connectivity index (χ3v) is 4.45. The lowest BCUT2D eigenvalue weighted by Crippen LogP contribution is -2.16. The van der Waals surface area contributed by atoms with E-state index in [4.69, 9.17) is 4.74 Å². The van der Waals surface area contributed by atoms with Crippen molar-refractivity contribution in [3.05, 3.63) is 81.3 Å². The largest absolute Gasteiger partial charge is 0.489 e. The summed E-state index contributed by atoms with van der Waals surface area (Å²) in [5.74, 6) is -11.2. The first kappa shape index (κ1) is 18.8. The van der Waals surface area contributed by atoms with Crippen LogP contribution in [-0.2, 0) is 6.61 Å². The Kier molecular flexibility index (Phi) is 5.41. The lowest BCUT2D eigenvalue weighted by Gasteiger charge is -2.09. The molecule has 0 unspecified atom stereocenters. The fourth-order valence-corrected chi connectivity index (χ4v) is 2.94. The van der Waals surface area contributed by atoms with E-state index in [9.17, 15) is 26.7 Å². The molecule has 9 heteroatoms. The van der Waals surface area contributed by atoms with Crippen LogP contribution in [0.5, 0.6) is 5.75 Å². The average Bonchev–Trinajstić information content (AvgIpc) is 3.16. The molecule has 0 spiro atoms. The van der Waals surface area contributed by atoms with E-state index >= 15 is 0 Å². The number of hydrogen-bond donors (Lipinski definition) is 1. The van der Waals surface area contributed by atoms with Crippen molar-refractivity contribution in [2.24, 2.45) is 0 Å². The van der Waals surface area contributed by atoms with Crippen LogP contribution in [0, 0.1) is 29.1 Å². The van der Waals surface area contributed by atoms with Crippen LogP contribution in [-0.4, -0.2) is 5.91 Å². The summed E-state index contributed by atoms with van der Waals surface area (Å²) in [4.78, 5) is 12.1. The van der Waals surface area contributed by atoms with Crippen LogP contribution < -0.4 is 10.1 Å². The first-order valence-corrected chi connectivity index (χ1v) is 8.34. The fraction of sp³-hybridized carbons (Fsp3) is 0.0556. The molecule has 0 aliphatic rings. The zero-order chi connectivity index (χ0) is 19.6. The van der Waals surface area contributed by atoms with E-state index in [0.717, 1.165) is 11.3 Å². The quantitative estimate of drug-likeness (QED) is 0.360. The van der Waals surface area contributed by atoms with Crippen LogP contribution in [0.25, 0.3) is 0 Å². The first-order valence-electron chi connectivity index (χ1n) is 7.46. The summed E-state index contributed by atoms with van der Waals surface area (Å²) in [6, 6.07) is 10.3. The van der Waals surface area contributed by atoms with E-state index < -0.39 is 40.7 Å². The van der Waals surface area contributed by atoms with E-state index in [0.29, 0.717) is 11.3 Å². The number of rotatable bonds is 5. The van der Waals surface area contributed by atoms with Gasteiger partial charge in [0, 0.05) is 5.56 Å². The molecule has 1 aromatic heterocycles. The highest BCUT2D eigenvalue weighted by molar-refractivity contribution is 7.12.